The van der Waals surface area contributed by atoms with E-state index in [2.05, 4.69) is 0 Å². The molecule has 0 aromatic carbocycles. The Morgan fingerprint density at radius 2 is 1.63 bits per heavy atom. The van der Waals surface area contributed by atoms with E-state index in [-0.39, 0.29) is 39.1 Å². The molecule has 0 rings (SSSR count). The number of aldehydes is 1. The van der Waals surface area contributed by atoms with Gasteiger partial charge in [-0.1, -0.05) is 0 Å². The predicted octanol–water partition coefficient (Wildman–Crippen LogP) is -2.73. The molecule has 1 unspecified atom stereocenters. The monoisotopic (exact) mass is 278 g/mol. The van der Waals surface area contributed by atoms with E-state index in [1.54, 1.807) is 0 Å². The summed E-state index contributed by atoms with van der Waals surface area (Å²) in [5, 5.41) is 35.3. The molecular weight excluding hydrogens is 260 g/mol. The van der Waals surface area contributed by atoms with Crippen LogP contribution >= 0.6 is 0 Å². The van der Waals surface area contributed by atoms with Crippen molar-refractivity contribution in [3.63, 3.8) is 0 Å². The summed E-state index contributed by atoms with van der Waals surface area (Å²) >= 11 is 0. The molecular formula is C10H18N2O7. The number of carbonyl (C=O) groups is 3. The highest BCUT2D eigenvalue weighted by molar-refractivity contribution is 5.70. The van der Waals surface area contributed by atoms with Crippen LogP contribution in [0.25, 0.3) is 0 Å². The van der Waals surface area contributed by atoms with Gasteiger partial charge in [-0.25, -0.2) is 0 Å². The van der Waals surface area contributed by atoms with Crippen LogP contribution in [0, 0.1) is 0 Å². The third kappa shape index (κ3) is 8.21. The fourth-order valence-corrected chi connectivity index (χ4v) is 1.44. The molecule has 0 aliphatic carbocycles. The fraction of sp³-hybridized carbons (Fsp3) is 0.700. The standard InChI is InChI=1S/C10H18N2O7/c13-4-3-11(5-9(16)17)1-2-12(6-10(18)19)8(15)7-14/h7-8,13,15H,1-6H2,(H,16,17)(H,18,19). The summed E-state index contributed by atoms with van der Waals surface area (Å²) in [5.41, 5.74) is 0. The van der Waals surface area contributed by atoms with Crippen LogP contribution in [0.5, 0.6) is 0 Å². The smallest absolute Gasteiger partial charge is 0.317 e. The first-order chi connectivity index (χ1) is 8.90. The Morgan fingerprint density at radius 3 is 2.05 bits per heavy atom. The summed E-state index contributed by atoms with van der Waals surface area (Å²) in [7, 11) is 0. The van der Waals surface area contributed by atoms with Crippen LogP contribution in [0.3, 0.4) is 0 Å². The lowest BCUT2D eigenvalue weighted by Gasteiger charge is -2.26. The van der Waals surface area contributed by atoms with Gasteiger partial charge < -0.3 is 20.4 Å². The average molecular weight is 278 g/mol. The summed E-state index contributed by atoms with van der Waals surface area (Å²) < 4.78 is 0. The van der Waals surface area contributed by atoms with E-state index >= 15 is 0 Å². The molecule has 0 saturated carbocycles. The number of rotatable bonds is 11. The molecule has 0 aromatic heterocycles. The van der Waals surface area contributed by atoms with Gasteiger partial charge in [-0.05, 0) is 0 Å². The Bertz CT molecular complexity index is 310. The largest absolute Gasteiger partial charge is 0.480 e. The zero-order valence-electron chi connectivity index (χ0n) is 10.3. The molecule has 110 valence electrons. The molecule has 0 saturated heterocycles. The Balaban J connectivity index is 4.42. The number of carboxylic acid groups (broad SMARTS) is 2. The van der Waals surface area contributed by atoms with Crippen molar-refractivity contribution in [1.29, 1.82) is 0 Å². The Kier molecular flexibility index (Phi) is 8.62. The second-order valence-corrected chi connectivity index (χ2v) is 3.81. The fourth-order valence-electron chi connectivity index (χ4n) is 1.44. The molecule has 0 aliphatic heterocycles. The summed E-state index contributed by atoms with van der Waals surface area (Å²) in [4.78, 5) is 33.9. The van der Waals surface area contributed by atoms with Crippen LogP contribution in [-0.4, -0.2) is 94.0 Å². The summed E-state index contributed by atoms with van der Waals surface area (Å²) in [6, 6.07) is 0. The van der Waals surface area contributed by atoms with Crippen molar-refractivity contribution in [2.24, 2.45) is 0 Å². The molecule has 0 heterocycles. The molecule has 0 fully saturated rings. The maximum atomic E-state index is 10.6. The SMILES string of the molecule is O=CC(O)N(CCN(CCO)CC(=O)O)CC(=O)O. The van der Waals surface area contributed by atoms with Gasteiger partial charge in [-0.3, -0.25) is 24.2 Å². The first-order valence-electron chi connectivity index (χ1n) is 5.55. The Hall–Kier alpha value is -1.55. The van der Waals surface area contributed by atoms with Gasteiger partial charge in [0.25, 0.3) is 0 Å². The molecule has 1 atom stereocenters. The molecule has 0 aromatic rings. The van der Waals surface area contributed by atoms with E-state index in [1.807, 2.05) is 0 Å². The molecule has 9 heteroatoms. The second kappa shape index (κ2) is 9.39. The maximum absolute atomic E-state index is 10.6. The Labute approximate surface area is 109 Å². The van der Waals surface area contributed by atoms with Crippen molar-refractivity contribution in [2.75, 3.05) is 39.3 Å². The van der Waals surface area contributed by atoms with E-state index in [9.17, 15) is 19.5 Å². The topological polar surface area (TPSA) is 139 Å². The molecule has 0 amide bonds. The van der Waals surface area contributed by atoms with Gasteiger partial charge in [-0.2, -0.15) is 0 Å². The highest BCUT2D eigenvalue weighted by Gasteiger charge is 2.19. The minimum Gasteiger partial charge on any atom is -0.480 e. The molecule has 9 nitrogen and oxygen atoms in total. The minimum absolute atomic E-state index is 0.0144. The summed E-state index contributed by atoms with van der Waals surface area (Å²) in [6.07, 6.45) is -1.37. The first-order valence-corrected chi connectivity index (χ1v) is 5.55. The highest BCUT2D eigenvalue weighted by atomic mass is 16.4. The quantitative estimate of drug-likeness (QED) is 0.234. The van der Waals surface area contributed by atoms with Crippen LogP contribution in [0.4, 0.5) is 0 Å². The molecule has 19 heavy (non-hydrogen) atoms. The number of aliphatic hydroxyl groups is 2. The van der Waals surface area contributed by atoms with E-state index < -0.39 is 24.7 Å². The van der Waals surface area contributed by atoms with Crippen molar-refractivity contribution < 1.29 is 34.8 Å². The number of carboxylic acids is 2. The number of hydrogen-bond acceptors (Lipinski definition) is 7. The first kappa shape index (κ1) is 17.4. The maximum Gasteiger partial charge on any atom is 0.317 e. The van der Waals surface area contributed by atoms with Crippen molar-refractivity contribution in [2.45, 2.75) is 6.23 Å². The lowest BCUT2D eigenvalue weighted by Crippen LogP contribution is -2.45. The van der Waals surface area contributed by atoms with Crippen molar-refractivity contribution in [3.05, 3.63) is 0 Å². The van der Waals surface area contributed by atoms with Crippen LogP contribution < -0.4 is 0 Å². The summed E-state index contributed by atoms with van der Waals surface area (Å²) in [6.45, 7) is -0.921. The number of aliphatic hydroxyl groups excluding tert-OH is 2. The third-order valence-electron chi connectivity index (χ3n) is 2.31. The van der Waals surface area contributed by atoms with Crippen molar-refractivity contribution in [3.8, 4) is 0 Å². The average Bonchev–Trinajstić information content (AvgIpc) is 2.32. The molecule has 4 N–H and O–H groups in total. The van der Waals surface area contributed by atoms with Crippen LogP contribution in [0.1, 0.15) is 0 Å². The zero-order valence-corrected chi connectivity index (χ0v) is 10.3. The van der Waals surface area contributed by atoms with Gasteiger partial charge in [0, 0.05) is 19.6 Å². The van der Waals surface area contributed by atoms with Crippen molar-refractivity contribution >= 4 is 18.2 Å². The van der Waals surface area contributed by atoms with Gasteiger partial charge in [0.2, 0.25) is 0 Å². The third-order valence-corrected chi connectivity index (χ3v) is 2.31. The number of nitrogens with zero attached hydrogens (tertiary/aromatic N) is 2. The van der Waals surface area contributed by atoms with E-state index in [0.717, 1.165) is 4.90 Å². The van der Waals surface area contributed by atoms with Gasteiger partial charge in [0.1, 0.15) is 0 Å². The molecule has 0 aliphatic rings. The predicted molar refractivity (Wildman–Crippen MR) is 62.4 cm³/mol. The van der Waals surface area contributed by atoms with Crippen molar-refractivity contribution in [1.82, 2.24) is 9.80 Å². The molecule has 0 radical (unpaired) electrons. The number of hydrogen-bond donors (Lipinski definition) is 4. The second-order valence-electron chi connectivity index (χ2n) is 3.81. The normalized spacial score (nSPS) is 12.6. The van der Waals surface area contributed by atoms with Gasteiger partial charge >= 0.3 is 11.9 Å². The van der Waals surface area contributed by atoms with Gasteiger partial charge in [-0.15, -0.1) is 0 Å². The summed E-state index contributed by atoms with van der Waals surface area (Å²) in [5.74, 6) is -2.30. The van der Waals surface area contributed by atoms with Crippen LogP contribution in [0.15, 0.2) is 0 Å². The van der Waals surface area contributed by atoms with E-state index in [0.29, 0.717) is 0 Å². The minimum atomic E-state index is -1.56. The molecule has 0 spiro atoms. The zero-order chi connectivity index (χ0) is 14.8. The number of carbonyl (C=O) groups excluding carboxylic acids is 1. The van der Waals surface area contributed by atoms with Crippen LogP contribution in [0.2, 0.25) is 0 Å². The van der Waals surface area contributed by atoms with Gasteiger partial charge in [0.05, 0.1) is 19.7 Å². The highest BCUT2D eigenvalue weighted by Crippen LogP contribution is 1.96. The van der Waals surface area contributed by atoms with Crippen LogP contribution in [-0.2, 0) is 14.4 Å². The lowest BCUT2D eigenvalue weighted by atomic mass is 10.3. The Morgan fingerprint density at radius 1 is 1.05 bits per heavy atom. The van der Waals surface area contributed by atoms with E-state index in [4.69, 9.17) is 15.3 Å². The van der Waals surface area contributed by atoms with Gasteiger partial charge in [0.15, 0.2) is 12.5 Å². The number of aliphatic carboxylic acids is 2. The van der Waals surface area contributed by atoms with E-state index in [1.165, 1.54) is 4.90 Å². The lowest BCUT2D eigenvalue weighted by molar-refractivity contribution is -0.144. The molecule has 0 bridgehead atoms.